The van der Waals surface area contributed by atoms with Gasteiger partial charge in [0.25, 0.3) is 0 Å². The van der Waals surface area contributed by atoms with Gasteiger partial charge in [0.1, 0.15) is 0 Å². The lowest BCUT2D eigenvalue weighted by Crippen LogP contribution is -2.25. The Kier molecular flexibility index (Phi) is 6.81. The van der Waals surface area contributed by atoms with Crippen molar-refractivity contribution in [1.29, 1.82) is 0 Å². The van der Waals surface area contributed by atoms with Crippen LogP contribution in [0.1, 0.15) is 50.7 Å². The number of aliphatic hydroxyl groups excluding tert-OH is 1. The highest BCUT2D eigenvalue weighted by atomic mass is 16.3. The lowest BCUT2D eigenvalue weighted by molar-refractivity contribution is 0.281. The zero-order chi connectivity index (χ0) is 13.4. The van der Waals surface area contributed by atoms with Crippen LogP contribution in [0.25, 0.3) is 0 Å². The summed E-state index contributed by atoms with van der Waals surface area (Å²) in [7, 11) is 0. The van der Waals surface area contributed by atoms with Gasteiger partial charge >= 0.3 is 0 Å². The summed E-state index contributed by atoms with van der Waals surface area (Å²) in [6.45, 7) is 8.95. The molecular formula is C16H27NO. The molecule has 0 atom stereocenters. The molecular weight excluding hydrogens is 222 g/mol. The van der Waals surface area contributed by atoms with E-state index in [0.29, 0.717) is 0 Å². The lowest BCUT2D eigenvalue weighted by Gasteiger charge is -2.25. The average molecular weight is 249 g/mol. The Morgan fingerprint density at radius 1 is 1.06 bits per heavy atom. The third-order valence-electron chi connectivity index (χ3n) is 3.42. The minimum Gasteiger partial charge on any atom is -0.392 e. The molecule has 0 aliphatic heterocycles. The molecule has 0 aromatic heterocycles. The average Bonchev–Trinajstić information content (AvgIpc) is 2.39. The van der Waals surface area contributed by atoms with Crippen LogP contribution in [0, 0.1) is 6.92 Å². The van der Waals surface area contributed by atoms with Crippen LogP contribution in [0.2, 0.25) is 0 Å². The first-order valence-electron chi connectivity index (χ1n) is 7.18. The van der Waals surface area contributed by atoms with Gasteiger partial charge in [0.2, 0.25) is 0 Å². The number of nitrogens with zero attached hydrogens (tertiary/aromatic N) is 1. The van der Waals surface area contributed by atoms with E-state index in [1.54, 1.807) is 0 Å². The Bertz CT molecular complexity index is 341. The zero-order valence-electron chi connectivity index (χ0n) is 12.1. The molecule has 0 fully saturated rings. The predicted molar refractivity (Wildman–Crippen MR) is 79.1 cm³/mol. The first kappa shape index (κ1) is 15.0. The quantitative estimate of drug-likeness (QED) is 0.755. The smallest absolute Gasteiger partial charge is 0.0684 e. The summed E-state index contributed by atoms with van der Waals surface area (Å²) in [5.74, 6) is 0. The second kappa shape index (κ2) is 8.15. The number of hydrogen-bond acceptors (Lipinski definition) is 2. The molecule has 0 radical (unpaired) electrons. The number of unbranched alkanes of at least 4 members (excludes halogenated alkanes) is 2. The molecule has 0 saturated carbocycles. The number of hydrogen-bond donors (Lipinski definition) is 1. The summed E-state index contributed by atoms with van der Waals surface area (Å²) in [6, 6.07) is 6.40. The van der Waals surface area contributed by atoms with Gasteiger partial charge in [-0.15, -0.1) is 0 Å². The number of anilines is 1. The Morgan fingerprint density at radius 3 is 2.11 bits per heavy atom. The van der Waals surface area contributed by atoms with Gasteiger partial charge in [-0.25, -0.2) is 0 Å². The molecule has 1 N–H and O–H groups in total. The minimum atomic E-state index is 0.135. The van der Waals surface area contributed by atoms with Gasteiger partial charge < -0.3 is 10.0 Å². The van der Waals surface area contributed by atoms with Crippen molar-refractivity contribution < 1.29 is 5.11 Å². The fourth-order valence-electron chi connectivity index (χ4n) is 2.12. The van der Waals surface area contributed by atoms with Crippen molar-refractivity contribution in [2.24, 2.45) is 0 Å². The van der Waals surface area contributed by atoms with E-state index in [4.69, 9.17) is 0 Å². The second-order valence-electron chi connectivity index (χ2n) is 4.96. The van der Waals surface area contributed by atoms with Gasteiger partial charge in [-0.05, 0) is 43.0 Å². The summed E-state index contributed by atoms with van der Waals surface area (Å²) in [5, 5.41) is 9.22. The molecule has 18 heavy (non-hydrogen) atoms. The van der Waals surface area contributed by atoms with Crippen LogP contribution in [0.5, 0.6) is 0 Å². The molecule has 0 unspecified atom stereocenters. The van der Waals surface area contributed by atoms with Crippen LogP contribution < -0.4 is 4.90 Å². The number of aryl methyl sites for hydroxylation is 1. The summed E-state index contributed by atoms with van der Waals surface area (Å²) >= 11 is 0. The van der Waals surface area contributed by atoms with Crippen molar-refractivity contribution in [3.8, 4) is 0 Å². The highest BCUT2D eigenvalue weighted by Gasteiger charge is 2.07. The van der Waals surface area contributed by atoms with Crippen LogP contribution in [0.15, 0.2) is 18.2 Å². The molecule has 0 aliphatic rings. The molecule has 1 rings (SSSR count). The van der Waals surface area contributed by atoms with Gasteiger partial charge in [0, 0.05) is 18.8 Å². The zero-order valence-corrected chi connectivity index (χ0v) is 12.1. The number of benzene rings is 1. The molecule has 0 saturated heterocycles. The van der Waals surface area contributed by atoms with E-state index >= 15 is 0 Å². The van der Waals surface area contributed by atoms with E-state index in [1.807, 2.05) is 0 Å². The SMILES string of the molecule is CCCCN(CCCC)c1ccc(CO)c(C)c1. The third kappa shape index (κ3) is 4.34. The summed E-state index contributed by atoms with van der Waals surface area (Å²) in [4.78, 5) is 2.47. The van der Waals surface area contributed by atoms with E-state index in [0.717, 1.165) is 18.7 Å². The molecule has 0 aliphatic carbocycles. The van der Waals surface area contributed by atoms with E-state index in [2.05, 4.69) is 43.9 Å². The normalized spacial score (nSPS) is 10.7. The molecule has 1 aromatic rings. The maximum Gasteiger partial charge on any atom is 0.0684 e. The van der Waals surface area contributed by atoms with Gasteiger partial charge in [0.15, 0.2) is 0 Å². The molecule has 0 amide bonds. The van der Waals surface area contributed by atoms with Gasteiger partial charge in [-0.3, -0.25) is 0 Å². The standard InChI is InChI=1S/C16H27NO/c1-4-6-10-17(11-7-5-2)16-9-8-15(13-18)14(3)12-16/h8-9,12,18H,4-7,10-11,13H2,1-3H3. The Hall–Kier alpha value is -1.02. The first-order chi connectivity index (χ1) is 8.72. The Balaban J connectivity index is 2.79. The van der Waals surface area contributed by atoms with Crippen LogP contribution in [-0.4, -0.2) is 18.2 Å². The Labute approximate surface area is 112 Å². The van der Waals surface area contributed by atoms with Gasteiger partial charge in [0.05, 0.1) is 6.61 Å². The maximum absolute atomic E-state index is 9.22. The van der Waals surface area contributed by atoms with Crippen LogP contribution in [0.3, 0.4) is 0 Å². The van der Waals surface area contributed by atoms with Crippen molar-refractivity contribution in [2.75, 3.05) is 18.0 Å². The van der Waals surface area contributed by atoms with Crippen molar-refractivity contribution in [3.05, 3.63) is 29.3 Å². The van der Waals surface area contributed by atoms with Gasteiger partial charge in [-0.2, -0.15) is 0 Å². The fraction of sp³-hybridized carbons (Fsp3) is 0.625. The lowest BCUT2D eigenvalue weighted by atomic mass is 10.1. The minimum absolute atomic E-state index is 0.135. The monoisotopic (exact) mass is 249 g/mol. The maximum atomic E-state index is 9.22. The van der Waals surface area contributed by atoms with E-state index < -0.39 is 0 Å². The molecule has 0 bridgehead atoms. The van der Waals surface area contributed by atoms with Crippen LogP contribution in [-0.2, 0) is 6.61 Å². The van der Waals surface area contributed by atoms with Crippen LogP contribution >= 0.6 is 0 Å². The molecule has 1 aromatic carbocycles. The third-order valence-corrected chi connectivity index (χ3v) is 3.42. The molecule has 0 spiro atoms. The van der Waals surface area contributed by atoms with E-state index in [-0.39, 0.29) is 6.61 Å². The van der Waals surface area contributed by atoms with Crippen molar-refractivity contribution >= 4 is 5.69 Å². The Morgan fingerprint density at radius 2 is 1.67 bits per heavy atom. The van der Waals surface area contributed by atoms with Crippen LogP contribution in [0.4, 0.5) is 5.69 Å². The first-order valence-corrected chi connectivity index (χ1v) is 7.18. The second-order valence-corrected chi connectivity index (χ2v) is 4.96. The van der Waals surface area contributed by atoms with Crippen molar-refractivity contribution in [1.82, 2.24) is 0 Å². The van der Waals surface area contributed by atoms with Crippen molar-refractivity contribution in [3.63, 3.8) is 0 Å². The van der Waals surface area contributed by atoms with E-state index in [9.17, 15) is 5.11 Å². The largest absolute Gasteiger partial charge is 0.392 e. The molecule has 2 nitrogen and oxygen atoms in total. The topological polar surface area (TPSA) is 23.5 Å². The summed E-state index contributed by atoms with van der Waals surface area (Å²) < 4.78 is 0. The van der Waals surface area contributed by atoms with Gasteiger partial charge in [-0.1, -0.05) is 32.8 Å². The van der Waals surface area contributed by atoms with E-state index in [1.165, 1.54) is 36.9 Å². The molecule has 0 heterocycles. The number of rotatable bonds is 8. The predicted octanol–water partition coefficient (Wildman–Crippen LogP) is 3.89. The summed E-state index contributed by atoms with van der Waals surface area (Å²) in [6.07, 6.45) is 4.95. The molecule has 102 valence electrons. The van der Waals surface area contributed by atoms with Crippen molar-refractivity contribution in [2.45, 2.75) is 53.1 Å². The molecule has 2 heteroatoms. The summed E-state index contributed by atoms with van der Waals surface area (Å²) in [5.41, 5.74) is 3.52. The highest BCUT2D eigenvalue weighted by Crippen LogP contribution is 2.20. The highest BCUT2D eigenvalue weighted by molar-refractivity contribution is 5.50. The number of aliphatic hydroxyl groups is 1. The fourth-order valence-corrected chi connectivity index (χ4v) is 2.12.